The Morgan fingerprint density at radius 2 is 1.94 bits per heavy atom. The van der Waals surface area contributed by atoms with Crippen molar-refractivity contribution in [1.29, 1.82) is 0 Å². The van der Waals surface area contributed by atoms with E-state index < -0.39 is 48.5 Å². The molecule has 1 atom stereocenters. The van der Waals surface area contributed by atoms with Crippen LogP contribution in [-0.2, 0) is 19.1 Å². The van der Waals surface area contributed by atoms with Crippen molar-refractivity contribution in [2.45, 2.75) is 32.5 Å². The number of halogens is 5. The molecule has 184 valence electrons. The van der Waals surface area contributed by atoms with Gasteiger partial charge in [-0.25, -0.2) is 8.78 Å². The summed E-state index contributed by atoms with van der Waals surface area (Å²) in [5.41, 5.74) is 4.37. The number of hydrogen-bond donors (Lipinski definition) is 2. The van der Waals surface area contributed by atoms with Crippen molar-refractivity contribution in [2.75, 3.05) is 43.1 Å². The second kappa shape index (κ2) is 10.9. The number of ether oxygens (including phenoxy) is 1. The maximum atomic E-state index is 13.7. The highest BCUT2D eigenvalue weighted by Crippen LogP contribution is 2.33. The van der Waals surface area contributed by atoms with E-state index in [1.807, 2.05) is 0 Å². The van der Waals surface area contributed by atoms with E-state index in [4.69, 9.17) is 10.5 Å². The lowest BCUT2D eigenvalue weighted by atomic mass is 10.1. The molecule has 0 saturated carbocycles. The number of carbonyl (C=O) groups excluding carboxylic acids is 3. The van der Waals surface area contributed by atoms with Crippen molar-refractivity contribution in [2.24, 2.45) is 11.7 Å². The summed E-state index contributed by atoms with van der Waals surface area (Å²) in [6.07, 6.45) is -7.74. The smallest absolute Gasteiger partial charge is 0.370 e. The Labute approximate surface area is 186 Å². The number of nitrogens with zero attached hydrogens (tertiary/aromatic N) is 2. The Morgan fingerprint density at radius 3 is 2.45 bits per heavy atom. The van der Waals surface area contributed by atoms with Gasteiger partial charge in [-0.2, -0.15) is 13.2 Å². The maximum absolute atomic E-state index is 13.7. The lowest BCUT2D eigenvalue weighted by Gasteiger charge is -2.31. The van der Waals surface area contributed by atoms with Crippen molar-refractivity contribution in [3.05, 3.63) is 23.8 Å². The molecular weight excluding hydrogens is 455 g/mol. The van der Waals surface area contributed by atoms with Crippen LogP contribution >= 0.6 is 0 Å². The summed E-state index contributed by atoms with van der Waals surface area (Å²) in [5, 5.41) is 2.19. The monoisotopic (exact) mass is 480 g/mol. The van der Waals surface area contributed by atoms with E-state index in [-0.39, 0.29) is 43.6 Å². The molecule has 8 nitrogen and oxygen atoms in total. The van der Waals surface area contributed by atoms with Crippen LogP contribution in [0.4, 0.5) is 33.3 Å². The lowest BCUT2D eigenvalue weighted by Crippen LogP contribution is -2.55. The van der Waals surface area contributed by atoms with Crippen LogP contribution in [0.25, 0.3) is 0 Å². The number of amides is 3. The van der Waals surface area contributed by atoms with Crippen molar-refractivity contribution in [3.8, 4) is 0 Å². The van der Waals surface area contributed by atoms with Crippen LogP contribution in [0.2, 0.25) is 0 Å². The normalized spacial score (nSPS) is 15.9. The molecule has 1 aliphatic rings. The zero-order valence-corrected chi connectivity index (χ0v) is 18.0. The van der Waals surface area contributed by atoms with E-state index in [0.717, 1.165) is 11.0 Å². The number of carbonyl (C=O) groups is 3. The molecule has 2 rings (SSSR count). The summed E-state index contributed by atoms with van der Waals surface area (Å²) < 4.78 is 71.4. The second-order valence-electron chi connectivity index (χ2n) is 7.90. The molecule has 33 heavy (non-hydrogen) atoms. The average Bonchev–Trinajstić information content (AvgIpc) is 2.66. The van der Waals surface area contributed by atoms with Gasteiger partial charge in [0.05, 0.1) is 18.8 Å². The molecule has 3 amide bonds. The van der Waals surface area contributed by atoms with Crippen LogP contribution in [0.15, 0.2) is 18.2 Å². The molecule has 0 bridgehead atoms. The highest BCUT2D eigenvalue weighted by Gasteiger charge is 2.39. The number of alkyl halides is 5. The van der Waals surface area contributed by atoms with E-state index in [1.165, 1.54) is 12.1 Å². The Kier molecular flexibility index (Phi) is 8.72. The van der Waals surface area contributed by atoms with Crippen LogP contribution in [-0.4, -0.2) is 67.7 Å². The fourth-order valence-corrected chi connectivity index (χ4v) is 3.47. The molecule has 0 spiro atoms. The van der Waals surface area contributed by atoms with Crippen molar-refractivity contribution >= 4 is 29.1 Å². The molecule has 0 unspecified atom stereocenters. The first kappa shape index (κ1) is 26.5. The number of anilines is 2. The van der Waals surface area contributed by atoms with Gasteiger partial charge in [0.25, 0.3) is 18.2 Å². The van der Waals surface area contributed by atoms with Gasteiger partial charge < -0.3 is 20.7 Å². The third-order valence-electron chi connectivity index (χ3n) is 4.67. The summed E-state index contributed by atoms with van der Waals surface area (Å²) >= 11 is 0. The van der Waals surface area contributed by atoms with Gasteiger partial charge in [-0.3, -0.25) is 19.3 Å². The minimum absolute atomic E-state index is 0.0512. The van der Waals surface area contributed by atoms with Gasteiger partial charge in [-0.05, 0) is 24.1 Å². The van der Waals surface area contributed by atoms with Crippen molar-refractivity contribution in [1.82, 2.24) is 4.90 Å². The molecule has 0 aromatic heterocycles. The van der Waals surface area contributed by atoms with E-state index in [2.05, 4.69) is 5.32 Å². The highest BCUT2D eigenvalue weighted by molar-refractivity contribution is 6.09. The lowest BCUT2D eigenvalue weighted by molar-refractivity contribution is -0.158. The third kappa shape index (κ3) is 7.35. The Bertz CT molecular complexity index is 879. The Morgan fingerprint density at radius 1 is 1.27 bits per heavy atom. The number of primary amides is 1. The van der Waals surface area contributed by atoms with Crippen molar-refractivity contribution < 1.29 is 41.1 Å². The van der Waals surface area contributed by atoms with Crippen LogP contribution in [0, 0.1) is 5.92 Å². The quantitative estimate of drug-likeness (QED) is 0.417. The number of nitrogens with two attached hydrogens (primary N) is 1. The highest BCUT2D eigenvalue weighted by atomic mass is 19.4. The van der Waals surface area contributed by atoms with Gasteiger partial charge in [0.2, 0.25) is 5.91 Å². The molecule has 0 radical (unpaired) electrons. The zero-order valence-electron chi connectivity index (χ0n) is 18.0. The predicted octanol–water partition coefficient (Wildman–Crippen LogP) is 2.30. The third-order valence-corrected chi connectivity index (χ3v) is 4.67. The molecular formula is C20H25F5N4O4. The van der Waals surface area contributed by atoms with Crippen LogP contribution in [0.3, 0.4) is 0 Å². The maximum Gasteiger partial charge on any atom is 0.401 e. The van der Waals surface area contributed by atoms with Gasteiger partial charge in [-0.15, -0.1) is 0 Å². The fourth-order valence-electron chi connectivity index (χ4n) is 3.47. The van der Waals surface area contributed by atoms with Crippen LogP contribution < -0.4 is 16.0 Å². The van der Waals surface area contributed by atoms with E-state index >= 15 is 0 Å². The molecule has 0 aliphatic carbocycles. The molecule has 1 aromatic carbocycles. The molecule has 13 heteroatoms. The predicted molar refractivity (Wildman–Crippen MR) is 109 cm³/mol. The number of morpholine rings is 1. The standard InChI is InChI=1S/C20H25F5N4O4/c1-11(2)8-28(10-20(23,24)25)16(18(26)31)19(32)27-12-3-4-14(13(7-12)17(21)22)29-5-6-33-9-15(29)30/h3-4,7,11,16-17H,5-6,8-10H2,1-2H3,(H2,26,31)(H,27,32)/t16-/m1/s1. The average molecular weight is 480 g/mol. The molecule has 1 fully saturated rings. The first-order valence-corrected chi connectivity index (χ1v) is 10.0. The van der Waals surface area contributed by atoms with Gasteiger partial charge in [-0.1, -0.05) is 13.8 Å². The summed E-state index contributed by atoms with van der Waals surface area (Å²) in [7, 11) is 0. The number of hydrogen-bond acceptors (Lipinski definition) is 5. The van der Waals surface area contributed by atoms with E-state index in [9.17, 15) is 36.3 Å². The molecule has 1 aliphatic heterocycles. The van der Waals surface area contributed by atoms with E-state index in [1.54, 1.807) is 13.8 Å². The van der Waals surface area contributed by atoms with Crippen molar-refractivity contribution in [3.63, 3.8) is 0 Å². The molecule has 1 saturated heterocycles. The Hall–Kier alpha value is -2.80. The summed E-state index contributed by atoms with van der Waals surface area (Å²) in [6.45, 7) is 1.30. The minimum atomic E-state index is -4.71. The van der Waals surface area contributed by atoms with E-state index in [0.29, 0.717) is 4.90 Å². The first-order valence-electron chi connectivity index (χ1n) is 10.0. The number of nitrogens with one attached hydrogen (secondary N) is 1. The SMILES string of the molecule is CC(C)CN(CC(F)(F)F)[C@H](C(N)=O)C(=O)Nc1ccc(N2CCOCC2=O)c(C(F)F)c1. The largest absolute Gasteiger partial charge is 0.401 e. The van der Waals surface area contributed by atoms with Gasteiger partial charge in [0.1, 0.15) is 6.61 Å². The summed E-state index contributed by atoms with van der Waals surface area (Å²) in [4.78, 5) is 38.3. The fraction of sp³-hybridized carbons (Fsp3) is 0.550. The minimum Gasteiger partial charge on any atom is -0.370 e. The number of rotatable bonds is 9. The molecule has 1 aromatic rings. The van der Waals surface area contributed by atoms with Crippen LogP contribution in [0.5, 0.6) is 0 Å². The summed E-state index contributed by atoms with van der Waals surface area (Å²) in [5.74, 6) is -3.37. The van der Waals surface area contributed by atoms with Crippen LogP contribution in [0.1, 0.15) is 25.8 Å². The van der Waals surface area contributed by atoms with Gasteiger partial charge in [0, 0.05) is 24.3 Å². The molecule has 1 heterocycles. The zero-order chi connectivity index (χ0) is 24.9. The Balaban J connectivity index is 2.32. The second-order valence-corrected chi connectivity index (χ2v) is 7.90. The topological polar surface area (TPSA) is 105 Å². The van der Waals surface area contributed by atoms with Gasteiger partial charge >= 0.3 is 6.18 Å². The van der Waals surface area contributed by atoms with Gasteiger partial charge in [0.15, 0.2) is 6.04 Å². The first-order chi connectivity index (χ1) is 15.3. The number of benzene rings is 1. The summed E-state index contributed by atoms with van der Waals surface area (Å²) in [6, 6.07) is 1.30. The molecule has 3 N–H and O–H groups in total.